The van der Waals surface area contributed by atoms with Gasteiger partial charge in [-0.05, 0) is 24.5 Å². The van der Waals surface area contributed by atoms with Crippen molar-refractivity contribution in [3.05, 3.63) is 30.3 Å². The number of aliphatic hydroxyl groups excluding tert-OH is 1. The summed E-state index contributed by atoms with van der Waals surface area (Å²) in [5.74, 6) is 1.46. The van der Waals surface area contributed by atoms with E-state index in [9.17, 15) is 5.11 Å². The van der Waals surface area contributed by atoms with E-state index in [0.29, 0.717) is 18.9 Å². The second kappa shape index (κ2) is 7.29. The number of benzene rings is 1. The molecule has 2 atom stereocenters. The fraction of sp³-hybridized carbons (Fsp3) is 0.571. The molecule has 0 radical (unpaired) electrons. The van der Waals surface area contributed by atoms with Crippen LogP contribution in [0.3, 0.4) is 0 Å². The molecule has 0 saturated carbocycles. The number of rotatable bonds is 7. The van der Waals surface area contributed by atoms with E-state index >= 15 is 0 Å². The van der Waals surface area contributed by atoms with Crippen LogP contribution in [0.25, 0.3) is 0 Å². The molecule has 0 heterocycles. The van der Waals surface area contributed by atoms with E-state index in [1.54, 1.807) is 0 Å². The zero-order valence-corrected chi connectivity index (χ0v) is 10.2. The third-order valence-corrected chi connectivity index (χ3v) is 2.83. The summed E-state index contributed by atoms with van der Waals surface area (Å²) < 4.78 is 5.53. The van der Waals surface area contributed by atoms with Crippen molar-refractivity contribution in [2.45, 2.75) is 39.2 Å². The van der Waals surface area contributed by atoms with Gasteiger partial charge >= 0.3 is 0 Å². The van der Waals surface area contributed by atoms with E-state index in [4.69, 9.17) is 4.74 Å². The van der Waals surface area contributed by atoms with Crippen LogP contribution in [-0.4, -0.2) is 17.8 Å². The van der Waals surface area contributed by atoms with Gasteiger partial charge in [-0.25, -0.2) is 0 Å². The second-order valence-electron chi connectivity index (χ2n) is 4.35. The normalized spacial score (nSPS) is 14.4. The Bertz CT molecular complexity index is 271. The Morgan fingerprint density at radius 1 is 1.25 bits per heavy atom. The minimum absolute atomic E-state index is 0.237. The molecule has 1 aromatic carbocycles. The monoisotopic (exact) mass is 222 g/mol. The van der Waals surface area contributed by atoms with Crippen LogP contribution in [-0.2, 0) is 0 Å². The fourth-order valence-corrected chi connectivity index (χ4v) is 1.58. The van der Waals surface area contributed by atoms with Gasteiger partial charge in [0.05, 0.1) is 12.7 Å². The van der Waals surface area contributed by atoms with Crippen LogP contribution in [0.5, 0.6) is 5.75 Å². The van der Waals surface area contributed by atoms with Crippen molar-refractivity contribution >= 4 is 0 Å². The molecule has 0 aliphatic carbocycles. The van der Waals surface area contributed by atoms with E-state index in [1.165, 1.54) is 0 Å². The molecular formula is C14H22O2. The molecule has 0 bridgehead atoms. The van der Waals surface area contributed by atoms with Gasteiger partial charge in [0.2, 0.25) is 0 Å². The molecule has 2 unspecified atom stereocenters. The molecule has 0 saturated heterocycles. The summed E-state index contributed by atoms with van der Waals surface area (Å²) in [7, 11) is 0. The number of hydrogen-bond acceptors (Lipinski definition) is 2. The van der Waals surface area contributed by atoms with Gasteiger partial charge < -0.3 is 9.84 Å². The maximum absolute atomic E-state index is 9.75. The van der Waals surface area contributed by atoms with Crippen molar-refractivity contribution in [2.75, 3.05) is 6.61 Å². The van der Waals surface area contributed by atoms with Crippen LogP contribution in [0, 0.1) is 5.92 Å². The van der Waals surface area contributed by atoms with Gasteiger partial charge in [0, 0.05) is 6.42 Å². The molecule has 1 N–H and O–H groups in total. The third kappa shape index (κ3) is 5.17. The SMILES string of the molecule is CCC(C)CC(O)CCOc1ccccc1. The van der Waals surface area contributed by atoms with Crippen molar-refractivity contribution in [3.8, 4) is 5.75 Å². The topological polar surface area (TPSA) is 29.5 Å². The minimum Gasteiger partial charge on any atom is -0.493 e. The van der Waals surface area contributed by atoms with Gasteiger partial charge in [-0.1, -0.05) is 38.5 Å². The van der Waals surface area contributed by atoms with Crippen LogP contribution >= 0.6 is 0 Å². The number of hydrogen-bond donors (Lipinski definition) is 1. The van der Waals surface area contributed by atoms with Gasteiger partial charge in [0.1, 0.15) is 5.75 Å². The molecule has 0 fully saturated rings. The highest BCUT2D eigenvalue weighted by Gasteiger charge is 2.08. The lowest BCUT2D eigenvalue weighted by molar-refractivity contribution is 0.115. The van der Waals surface area contributed by atoms with Gasteiger partial charge in [-0.2, -0.15) is 0 Å². The van der Waals surface area contributed by atoms with E-state index in [2.05, 4.69) is 13.8 Å². The zero-order valence-electron chi connectivity index (χ0n) is 10.2. The quantitative estimate of drug-likeness (QED) is 0.767. The molecule has 0 spiro atoms. The Kier molecular flexibility index (Phi) is 5.94. The van der Waals surface area contributed by atoms with Gasteiger partial charge in [-0.3, -0.25) is 0 Å². The molecule has 0 aliphatic rings. The molecule has 1 aromatic rings. The predicted octanol–water partition coefficient (Wildman–Crippen LogP) is 3.25. The maximum Gasteiger partial charge on any atom is 0.119 e. The summed E-state index contributed by atoms with van der Waals surface area (Å²) in [6, 6.07) is 9.72. The molecular weight excluding hydrogens is 200 g/mol. The summed E-state index contributed by atoms with van der Waals surface area (Å²) >= 11 is 0. The van der Waals surface area contributed by atoms with Crippen molar-refractivity contribution < 1.29 is 9.84 Å². The lowest BCUT2D eigenvalue weighted by Gasteiger charge is -2.15. The Morgan fingerprint density at radius 3 is 2.56 bits per heavy atom. The lowest BCUT2D eigenvalue weighted by atomic mass is 10.00. The Balaban J connectivity index is 2.15. The lowest BCUT2D eigenvalue weighted by Crippen LogP contribution is -2.15. The fourth-order valence-electron chi connectivity index (χ4n) is 1.58. The van der Waals surface area contributed by atoms with Crippen molar-refractivity contribution in [1.82, 2.24) is 0 Å². The number of ether oxygens (including phenoxy) is 1. The maximum atomic E-state index is 9.75. The summed E-state index contributed by atoms with van der Waals surface area (Å²) in [4.78, 5) is 0. The Hall–Kier alpha value is -1.02. The van der Waals surface area contributed by atoms with E-state index in [-0.39, 0.29) is 6.10 Å². The molecule has 0 aliphatic heterocycles. The van der Waals surface area contributed by atoms with Gasteiger partial charge in [-0.15, -0.1) is 0 Å². The summed E-state index contributed by atoms with van der Waals surface area (Å²) in [6.45, 7) is 4.90. The largest absolute Gasteiger partial charge is 0.493 e. The van der Waals surface area contributed by atoms with Crippen molar-refractivity contribution in [1.29, 1.82) is 0 Å². The summed E-state index contributed by atoms with van der Waals surface area (Å²) in [5, 5.41) is 9.75. The first kappa shape index (κ1) is 13.0. The Morgan fingerprint density at radius 2 is 1.94 bits per heavy atom. The van der Waals surface area contributed by atoms with Crippen LogP contribution in [0.15, 0.2) is 30.3 Å². The van der Waals surface area contributed by atoms with Gasteiger partial charge in [0.15, 0.2) is 0 Å². The summed E-state index contributed by atoms with van der Waals surface area (Å²) in [5.41, 5.74) is 0. The van der Waals surface area contributed by atoms with Crippen molar-refractivity contribution in [3.63, 3.8) is 0 Å². The number of para-hydroxylation sites is 1. The highest BCUT2D eigenvalue weighted by Crippen LogP contribution is 2.13. The van der Waals surface area contributed by atoms with E-state index in [1.807, 2.05) is 30.3 Å². The second-order valence-corrected chi connectivity index (χ2v) is 4.35. The van der Waals surface area contributed by atoms with Crippen LogP contribution < -0.4 is 4.74 Å². The molecule has 16 heavy (non-hydrogen) atoms. The minimum atomic E-state index is -0.237. The van der Waals surface area contributed by atoms with Crippen molar-refractivity contribution in [2.24, 2.45) is 5.92 Å². The third-order valence-electron chi connectivity index (χ3n) is 2.83. The Labute approximate surface area is 98.3 Å². The average molecular weight is 222 g/mol. The molecule has 90 valence electrons. The molecule has 1 rings (SSSR count). The molecule has 2 heteroatoms. The standard InChI is InChI=1S/C14H22O2/c1-3-12(2)11-13(15)9-10-16-14-7-5-4-6-8-14/h4-8,12-13,15H,3,9-11H2,1-2H3. The van der Waals surface area contributed by atoms with Gasteiger partial charge in [0.25, 0.3) is 0 Å². The summed E-state index contributed by atoms with van der Waals surface area (Å²) in [6.07, 6.45) is 2.46. The van der Waals surface area contributed by atoms with Crippen LogP contribution in [0.2, 0.25) is 0 Å². The smallest absolute Gasteiger partial charge is 0.119 e. The molecule has 0 amide bonds. The molecule has 0 aromatic heterocycles. The first-order valence-electron chi connectivity index (χ1n) is 6.08. The highest BCUT2D eigenvalue weighted by atomic mass is 16.5. The van der Waals surface area contributed by atoms with E-state index < -0.39 is 0 Å². The highest BCUT2D eigenvalue weighted by molar-refractivity contribution is 5.20. The van der Waals surface area contributed by atoms with Crippen LogP contribution in [0.4, 0.5) is 0 Å². The van der Waals surface area contributed by atoms with Crippen LogP contribution in [0.1, 0.15) is 33.1 Å². The predicted molar refractivity (Wildman–Crippen MR) is 66.6 cm³/mol. The zero-order chi connectivity index (χ0) is 11.8. The van der Waals surface area contributed by atoms with E-state index in [0.717, 1.165) is 18.6 Å². The number of aliphatic hydroxyl groups is 1. The first-order valence-corrected chi connectivity index (χ1v) is 6.08. The molecule has 2 nitrogen and oxygen atoms in total. The average Bonchev–Trinajstić information content (AvgIpc) is 2.30. The first-order chi connectivity index (χ1) is 7.72.